The van der Waals surface area contributed by atoms with Gasteiger partial charge in [-0.2, -0.15) is 0 Å². The smallest absolute Gasteiger partial charge is 0.335 e. The number of benzene rings is 2. The fourth-order valence-electron chi connectivity index (χ4n) is 3.23. The van der Waals surface area contributed by atoms with Crippen molar-refractivity contribution in [2.24, 2.45) is 0 Å². The van der Waals surface area contributed by atoms with Crippen molar-refractivity contribution < 1.29 is 24.0 Å². The molecular formula is C24H18N4O6. The summed E-state index contributed by atoms with van der Waals surface area (Å²) in [5.41, 5.74) is 1.59. The normalized spacial score (nSPS) is 14.8. The number of amides is 4. The lowest BCUT2D eigenvalue weighted by atomic mass is 10.1. The lowest BCUT2D eigenvalue weighted by Gasteiger charge is -2.26. The Morgan fingerprint density at radius 3 is 2.32 bits per heavy atom. The summed E-state index contributed by atoms with van der Waals surface area (Å²) >= 11 is 0. The molecule has 10 nitrogen and oxygen atoms in total. The third-order valence-electron chi connectivity index (χ3n) is 5.05. The molecular weight excluding hydrogens is 440 g/mol. The van der Waals surface area contributed by atoms with E-state index in [1.54, 1.807) is 36.4 Å². The molecule has 0 spiro atoms. The molecule has 0 unspecified atom stereocenters. The molecule has 0 atom stereocenters. The quantitative estimate of drug-likeness (QED) is 0.255. The highest BCUT2D eigenvalue weighted by Crippen LogP contribution is 2.25. The second-order valence-corrected chi connectivity index (χ2v) is 7.26. The molecule has 1 aromatic heterocycles. The molecule has 170 valence electrons. The molecule has 0 aliphatic carbocycles. The molecule has 0 bridgehead atoms. The zero-order chi connectivity index (χ0) is 24.2. The summed E-state index contributed by atoms with van der Waals surface area (Å²) in [4.78, 5) is 52.6. The zero-order valence-corrected chi connectivity index (χ0v) is 17.9. The van der Waals surface area contributed by atoms with Crippen molar-refractivity contribution in [3.63, 3.8) is 0 Å². The summed E-state index contributed by atoms with van der Waals surface area (Å²) in [5, 5.41) is 12.9. The summed E-state index contributed by atoms with van der Waals surface area (Å²) in [7, 11) is 0. The van der Waals surface area contributed by atoms with Crippen molar-refractivity contribution in [1.29, 1.82) is 0 Å². The Labute approximate surface area is 193 Å². The Morgan fingerprint density at radius 1 is 1.03 bits per heavy atom. The molecule has 1 saturated heterocycles. The van der Waals surface area contributed by atoms with E-state index >= 15 is 0 Å². The predicted molar refractivity (Wildman–Crippen MR) is 122 cm³/mol. The first-order valence-electron chi connectivity index (χ1n) is 10.2. The van der Waals surface area contributed by atoms with Gasteiger partial charge in [0.1, 0.15) is 17.5 Å². The second kappa shape index (κ2) is 9.33. The van der Waals surface area contributed by atoms with Gasteiger partial charge in [0.25, 0.3) is 17.5 Å². The van der Waals surface area contributed by atoms with E-state index in [9.17, 15) is 24.5 Å². The van der Waals surface area contributed by atoms with Gasteiger partial charge in [0.15, 0.2) is 0 Å². The van der Waals surface area contributed by atoms with E-state index in [4.69, 9.17) is 4.74 Å². The molecule has 1 aliphatic heterocycles. The molecule has 1 N–H and O–H groups in total. The molecule has 2 heterocycles. The standard InChI is InChI=1S/C24H18N4O6/c1-2-15-3-7-17(8-4-15)27-23(30)20(22(29)26-24(27)31)13-16-5-10-19(11-6-16)34-21-12-9-18(14-25-21)28(32)33/h3-14H,2H2,1H3,(H,26,29,31). The van der Waals surface area contributed by atoms with Gasteiger partial charge < -0.3 is 4.74 Å². The lowest BCUT2D eigenvalue weighted by Crippen LogP contribution is -2.54. The summed E-state index contributed by atoms with van der Waals surface area (Å²) in [6.45, 7) is 1.99. The number of hydrogen-bond acceptors (Lipinski definition) is 7. The molecule has 0 saturated carbocycles. The van der Waals surface area contributed by atoms with Crippen LogP contribution in [-0.4, -0.2) is 27.8 Å². The topological polar surface area (TPSA) is 132 Å². The average Bonchev–Trinajstić information content (AvgIpc) is 2.83. The minimum atomic E-state index is -0.809. The molecule has 2 aromatic carbocycles. The minimum Gasteiger partial charge on any atom is -0.439 e. The van der Waals surface area contributed by atoms with Crippen LogP contribution in [0.15, 0.2) is 72.4 Å². The Morgan fingerprint density at radius 2 is 1.74 bits per heavy atom. The number of pyridine rings is 1. The number of anilines is 1. The Kier molecular flexibility index (Phi) is 6.13. The van der Waals surface area contributed by atoms with Gasteiger partial charge in [0, 0.05) is 12.1 Å². The minimum absolute atomic E-state index is 0.154. The number of barbiturate groups is 1. The van der Waals surface area contributed by atoms with E-state index in [-0.39, 0.29) is 17.1 Å². The van der Waals surface area contributed by atoms with Gasteiger partial charge in [0.05, 0.1) is 10.6 Å². The SMILES string of the molecule is CCc1ccc(N2C(=O)NC(=O)C(=Cc3ccc(Oc4ccc([N+](=O)[O-])cn4)cc3)C2=O)cc1. The van der Waals surface area contributed by atoms with Crippen molar-refractivity contribution in [2.75, 3.05) is 4.90 Å². The number of nitrogens with one attached hydrogen (secondary N) is 1. The maximum absolute atomic E-state index is 13.0. The fourth-order valence-corrected chi connectivity index (χ4v) is 3.23. The number of urea groups is 1. The average molecular weight is 458 g/mol. The number of hydrogen-bond donors (Lipinski definition) is 1. The monoisotopic (exact) mass is 458 g/mol. The molecule has 4 amide bonds. The Balaban J connectivity index is 1.53. The molecule has 10 heteroatoms. The number of aromatic nitrogens is 1. The fraction of sp³-hybridized carbons (Fsp3) is 0.0833. The molecule has 34 heavy (non-hydrogen) atoms. The first kappa shape index (κ1) is 22.3. The van der Waals surface area contributed by atoms with Crippen LogP contribution < -0.4 is 15.0 Å². The number of ether oxygens (including phenoxy) is 1. The van der Waals surface area contributed by atoms with Crippen molar-refractivity contribution in [3.8, 4) is 11.6 Å². The predicted octanol–water partition coefficient (Wildman–Crippen LogP) is 4.01. The largest absolute Gasteiger partial charge is 0.439 e. The van der Waals surface area contributed by atoms with Crippen LogP contribution >= 0.6 is 0 Å². The van der Waals surface area contributed by atoms with Crippen LogP contribution in [0.1, 0.15) is 18.1 Å². The van der Waals surface area contributed by atoms with E-state index in [0.29, 0.717) is 17.0 Å². The van der Waals surface area contributed by atoms with Gasteiger partial charge in [-0.1, -0.05) is 31.2 Å². The van der Waals surface area contributed by atoms with Crippen LogP contribution in [0.3, 0.4) is 0 Å². The number of imide groups is 2. The Bertz CT molecular complexity index is 1300. The molecule has 0 radical (unpaired) electrons. The highest BCUT2D eigenvalue weighted by molar-refractivity contribution is 6.39. The van der Waals surface area contributed by atoms with Crippen LogP contribution in [0.4, 0.5) is 16.2 Å². The van der Waals surface area contributed by atoms with E-state index in [0.717, 1.165) is 23.1 Å². The van der Waals surface area contributed by atoms with Gasteiger partial charge in [-0.15, -0.1) is 0 Å². The Hall–Kier alpha value is -4.86. The maximum atomic E-state index is 13.0. The summed E-state index contributed by atoms with van der Waals surface area (Å²) in [5.74, 6) is -0.947. The first-order chi connectivity index (χ1) is 16.4. The van der Waals surface area contributed by atoms with Gasteiger partial charge in [0.2, 0.25) is 5.88 Å². The number of carbonyl (C=O) groups excluding carboxylic acids is 3. The highest BCUT2D eigenvalue weighted by atomic mass is 16.6. The van der Waals surface area contributed by atoms with Crippen LogP contribution in [0.25, 0.3) is 6.08 Å². The third-order valence-corrected chi connectivity index (χ3v) is 5.05. The summed E-state index contributed by atoms with van der Waals surface area (Å²) in [6, 6.07) is 15.2. The van der Waals surface area contributed by atoms with Gasteiger partial charge in [-0.05, 0) is 47.9 Å². The van der Waals surface area contributed by atoms with Crippen molar-refractivity contribution in [1.82, 2.24) is 10.3 Å². The first-order valence-corrected chi connectivity index (χ1v) is 10.2. The van der Waals surface area contributed by atoms with Crippen LogP contribution in [0, 0.1) is 10.1 Å². The summed E-state index contributed by atoms with van der Waals surface area (Å²) < 4.78 is 5.55. The van der Waals surface area contributed by atoms with Crippen molar-refractivity contribution >= 4 is 35.3 Å². The third kappa shape index (κ3) is 4.65. The van der Waals surface area contributed by atoms with Crippen LogP contribution in [0.2, 0.25) is 0 Å². The molecule has 3 aromatic rings. The lowest BCUT2D eigenvalue weighted by molar-refractivity contribution is -0.385. The van der Waals surface area contributed by atoms with E-state index in [1.807, 2.05) is 19.1 Å². The van der Waals surface area contributed by atoms with Gasteiger partial charge in [-0.3, -0.25) is 25.0 Å². The van der Waals surface area contributed by atoms with Crippen molar-refractivity contribution in [3.05, 3.63) is 93.7 Å². The number of nitrogens with zero attached hydrogens (tertiary/aromatic N) is 3. The van der Waals surface area contributed by atoms with Gasteiger partial charge in [-0.25, -0.2) is 14.7 Å². The van der Waals surface area contributed by atoms with E-state index in [2.05, 4.69) is 10.3 Å². The molecule has 4 rings (SSSR count). The number of aryl methyl sites for hydroxylation is 1. The second-order valence-electron chi connectivity index (χ2n) is 7.26. The maximum Gasteiger partial charge on any atom is 0.335 e. The summed E-state index contributed by atoms with van der Waals surface area (Å²) in [6.07, 6.45) is 3.28. The van der Waals surface area contributed by atoms with E-state index in [1.165, 1.54) is 18.2 Å². The van der Waals surface area contributed by atoms with Crippen LogP contribution in [0.5, 0.6) is 11.6 Å². The number of nitro groups is 1. The highest BCUT2D eigenvalue weighted by Gasteiger charge is 2.36. The number of rotatable bonds is 6. The van der Waals surface area contributed by atoms with Crippen LogP contribution in [-0.2, 0) is 16.0 Å². The van der Waals surface area contributed by atoms with E-state index < -0.39 is 22.8 Å². The molecule has 1 fully saturated rings. The van der Waals surface area contributed by atoms with Crippen molar-refractivity contribution in [2.45, 2.75) is 13.3 Å². The van der Waals surface area contributed by atoms with Gasteiger partial charge >= 0.3 is 6.03 Å². The zero-order valence-electron chi connectivity index (χ0n) is 17.9. The number of carbonyl (C=O) groups is 3. The molecule has 1 aliphatic rings.